The van der Waals surface area contributed by atoms with E-state index in [-0.39, 0.29) is 5.91 Å². The van der Waals surface area contributed by atoms with Gasteiger partial charge in [0.05, 0.1) is 0 Å². The number of carboxylic acids is 1. The maximum absolute atomic E-state index is 11.7. The van der Waals surface area contributed by atoms with Gasteiger partial charge in [-0.05, 0) is 32.1 Å². The first kappa shape index (κ1) is 13.7. The van der Waals surface area contributed by atoms with Gasteiger partial charge in [0.15, 0.2) is 0 Å². The monoisotopic (exact) mass is 239 g/mol. The summed E-state index contributed by atoms with van der Waals surface area (Å²) >= 11 is 0. The molecule has 1 aliphatic carbocycles. The van der Waals surface area contributed by atoms with E-state index in [1.54, 1.807) is 6.08 Å². The molecule has 0 aromatic carbocycles. The molecule has 0 bridgehead atoms. The summed E-state index contributed by atoms with van der Waals surface area (Å²) in [5.74, 6) is -1.22. The standard InChI is InChI=1S/C13H21NO3/c1-2-6-11(13(16)17)14-12(15)9-10-7-4-3-5-8-10/h9,11H,2-8H2,1H3,(H,14,15)(H,16,17)/t11-/m1/s1. The van der Waals surface area contributed by atoms with E-state index in [1.807, 2.05) is 6.92 Å². The van der Waals surface area contributed by atoms with Crippen LogP contribution in [0.1, 0.15) is 51.9 Å². The lowest BCUT2D eigenvalue weighted by Gasteiger charge is -2.15. The van der Waals surface area contributed by atoms with E-state index in [0.717, 1.165) is 37.7 Å². The van der Waals surface area contributed by atoms with E-state index in [2.05, 4.69) is 5.32 Å². The average Bonchev–Trinajstić information content (AvgIpc) is 2.29. The lowest BCUT2D eigenvalue weighted by atomic mass is 9.94. The number of nitrogens with one attached hydrogen (secondary N) is 1. The second-order valence-electron chi connectivity index (χ2n) is 4.55. The smallest absolute Gasteiger partial charge is 0.326 e. The summed E-state index contributed by atoms with van der Waals surface area (Å²) in [5, 5.41) is 11.5. The van der Waals surface area contributed by atoms with Crippen molar-refractivity contribution in [2.45, 2.75) is 57.9 Å². The van der Waals surface area contributed by atoms with Gasteiger partial charge in [-0.2, -0.15) is 0 Å². The Bertz CT molecular complexity index is 302. The van der Waals surface area contributed by atoms with E-state index >= 15 is 0 Å². The van der Waals surface area contributed by atoms with Gasteiger partial charge in [-0.1, -0.05) is 25.3 Å². The summed E-state index contributed by atoms with van der Waals surface area (Å²) < 4.78 is 0. The van der Waals surface area contributed by atoms with Crippen LogP contribution in [0.15, 0.2) is 11.6 Å². The van der Waals surface area contributed by atoms with Crippen molar-refractivity contribution in [3.8, 4) is 0 Å². The summed E-state index contributed by atoms with van der Waals surface area (Å²) in [5.41, 5.74) is 1.15. The largest absolute Gasteiger partial charge is 0.480 e. The minimum Gasteiger partial charge on any atom is -0.480 e. The van der Waals surface area contributed by atoms with Crippen LogP contribution in [-0.4, -0.2) is 23.0 Å². The van der Waals surface area contributed by atoms with Crippen molar-refractivity contribution in [2.24, 2.45) is 0 Å². The molecule has 17 heavy (non-hydrogen) atoms. The predicted molar refractivity (Wildman–Crippen MR) is 65.6 cm³/mol. The first-order valence-electron chi connectivity index (χ1n) is 6.36. The second-order valence-corrected chi connectivity index (χ2v) is 4.55. The number of hydrogen-bond donors (Lipinski definition) is 2. The second kappa shape index (κ2) is 7.09. The number of hydrogen-bond acceptors (Lipinski definition) is 2. The van der Waals surface area contributed by atoms with Gasteiger partial charge in [0.2, 0.25) is 5.91 Å². The van der Waals surface area contributed by atoms with Crippen LogP contribution in [0.2, 0.25) is 0 Å². The maximum atomic E-state index is 11.7. The molecule has 0 aromatic heterocycles. The van der Waals surface area contributed by atoms with Gasteiger partial charge in [0.1, 0.15) is 6.04 Å². The van der Waals surface area contributed by atoms with E-state index in [1.165, 1.54) is 6.42 Å². The minimum atomic E-state index is -0.956. The molecule has 1 fully saturated rings. The Balaban J connectivity index is 2.48. The average molecular weight is 239 g/mol. The Morgan fingerprint density at radius 3 is 2.53 bits per heavy atom. The molecule has 1 saturated carbocycles. The lowest BCUT2D eigenvalue weighted by molar-refractivity contribution is -0.141. The molecule has 1 aliphatic rings. The van der Waals surface area contributed by atoms with Crippen molar-refractivity contribution < 1.29 is 14.7 Å². The summed E-state index contributed by atoms with van der Waals surface area (Å²) in [6, 6.07) is -0.757. The number of amides is 1. The highest BCUT2D eigenvalue weighted by molar-refractivity contribution is 5.91. The zero-order valence-corrected chi connectivity index (χ0v) is 10.4. The van der Waals surface area contributed by atoms with Gasteiger partial charge in [0, 0.05) is 6.08 Å². The fourth-order valence-corrected chi connectivity index (χ4v) is 2.10. The third-order valence-electron chi connectivity index (χ3n) is 3.02. The van der Waals surface area contributed by atoms with Crippen LogP contribution < -0.4 is 5.32 Å². The maximum Gasteiger partial charge on any atom is 0.326 e. The van der Waals surface area contributed by atoms with Gasteiger partial charge in [-0.3, -0.25) is 4.79 Å². The van der Waals surface area contributed by atoms with Crippen molar-refractivity contribution in [3.05, 3.63) is 11.6 Å². The molecule has 0 radical (unpaired) electrons. The zero-order valence-electron chi connectivity index (χ0n) is 10.4. The SMILES string of the molecule is CCC[C@@H](NC(=O)C=C1CCCCC1)C(=O)O. The molecular weight excluding hydrogens is 218 g/mol. The number of rotatable bonds is 5. The molecule has 0 heterocycles. The molecule has 0 spiro atoms. The number of aliphatic carboxylic acids is 1. The van der Waals surface area contributed by atoms with Crippen molar-refractivity contribution in [3.63, 3.8) is 0 Å². The molecular formula is C13H21NO3. The molecule has 2 N–H and O–H groups in total. The normalized spacial score (nSPS) is 17.4. The fraction of sp³-hybridized carbons (Fsp3) is 0.692. The van der Waals surface area contributed by atoms with Gasteiger partial charge < -0.3 is 10.4 Å². The zero-order chi connectivity index (χ0) is 12.7. The van der Waals surface area contributed by atoms with Crippen molar-refractivity contribution >= 4 is 11.9 Å². The highest BCUT2D eigenvalue weighted by atomic mass is 16.4. The van der Waals surface area contributed by atoms with E-state index < -0.39 is 12.0 Å². The number of carbonyl (C=O) groups is 2. The fourth-order valence-electron chi connectivity index (χ4n) is 2.10. The number of carbonyl (C=O) groups excluding carboxylic acids is 1. The first-order valence-corrected chi connectivity index (χ1v) is 6.36. The first-order chi connectivity index (χ1) is 8.13. The lowest BCUT2D eigenvalue weighted by Crippen LogP contribution is -2.40. The minimum absolute atomic E-state index is 0.261. The summed E-state index contributed by atoms with van der Waals surface area (Å²) in [6.45, 7) is 1.90. The summed E-state index contributed by atoms with van der Waals surface area (Å²) in [4.78, 5) is 22.5. The predicted octanol–water partition coefficient (Wildman–Crippen LogP) is 2.25. The van der Waals surface area contributed by atoms with Crippen molar-refractivity contribution in [1.29, 1.82) is 0 Å². The van der Waals surface area contributed by atoms with Crippen LogP contribution in [0.5, 0.6) is 0 Å². The van der Waals surface area contributed by atoms with Crippen molar-refractivity contribution in [1.82, 2.24) is 5.32 Å². The summed E-state index contributed by atoms with van der Waals surface area (Å²) in [6.07, 6.45) is 8.25. The van der Waals surface area contributed by atoms with Crippen molar-refractivity contribution in [2.75, 3.05) is 0 Å². The highest BCUT2D eigenvalue weighted by Crippen LogP contribution is 2.22. The van der Waals surface area contributed by atoms with Gasteiger partial charge >= 0.3 is 5.97 Å². The van der Waals surface area contributed by atoms with Crippen LogP contribution in [-0.2, 0) is 9.59 Å². The molecule has 4 nitrogen and oxygen atoms in total. The van der Waals surface area contributed by atoms with Crippen LogP contribution in [0.4, 0.5) is 0 Å². The van der Waals surface area contributed by atoms with Crippen LogP contribution in [0.25, 0.3) is 0 Å². The Kier molecular flexibility index (Phi) is 5.73. The van der Waals surface area contributed by atoms with Gasteiger partial charge in [0.25, 0.3) is 0 Å². The molecule has 4 heteroatoms. The van der Waals surface area contributed by atoms with E-state index in [9.17, 15) is 9.59 Å². The Labute approximate surface area is 102 Å². The van der Waals surface area contributed by atoms with Crippen LogP contribution >= 0.6 is 0 Å². The topological polar surface area (TPSA) is 66.4 Å². The molecule has 1 rings (SSSR count). The Hall–Kier alpha value is -1.32. The summed E-state index contributed by atoms with van der Waals surface area (Å²) in [7, 11) is 0. The molecule has 96 valence electrons. The van der Waals surface area contributed by atoms with Gasteiger partial charge in [-0.15, -0.1) is 0 Å². The number of carboxylic acid groups (broad SMARTS) is 1. The molecule has 0 aromatic rings. The molecule has 0 unspecified atom stereocenters. The molecule has 1 amide bonds. The molecule has 1 atom stereocenters. The van der Waals surface area contributed by atoms with Crippen LogP contribution in [0.3, 0.4) is 0 Å². The van der Waals surface area contributed by atoms with Crippen LogP contribution in [0, 0.1) is 0 Å². The van der Waals surface area contributed by atoms with Gasteiger partial charge in [-0.25, -0.2) is 4.79 Å². The molecule has 0 aliphatic heterocycles. The van der Waals surface area contributed by atoms with E-state index in [0.29, 0.717) is 6.42 Å². The Morgan fingerprint density at radius 2 is 2.00 bits per heavy atom. The third kappa shape index (κ3) is 5.02. The third-order valence-corrected chi connectivity index (χ3v) is 3.02. The Morgan fingerprint density at radius 1 is 1.35 bits per heavy atom. The quantitative estimate of drug-likeness (QED) is 0.723. The number of allylic oxidation sites excluding steroid dienone is 1. The van der Waals surface area contributed by atoms with E-state index in [4.69, 9.17) is 5.11 Å². The highest BCUT2D eigenvalue weighted by Gasteiger charge is 2.18. The molecule has 0 saturated heterocycles.